The van der Waals surface area contributed by atoms with Crippen LogP contribution in [0.5, 0.6) is 0 Å². The Morgan fingerprint density at radius 2 is 2.43 bits per heavy atom. The molecule has 1 aliphatic heterocycles. The summed E-state index contributed by atoms with van der Waals surface area (Å²) in [6.07, 6.45) is 0.986. The molecule has 1 atom stereocenters. The largest absolute Gasteiger partial charge is 0.370 e. The van der Waals surface area contributed by atoms with Gasteiger partial charge in [-0.25, -0.2) is 0 Å². The van der Waals surface area contributed by atoms with E-state index < -0.39 is 0 Å². The summed E-state index contributed by atoms with van der Waals surface area (Å²) in [5, 5.41) is 0.704. The topological polar surface area (TPSA) is 20.3 Å². The molecule has 14 heavy (non-hydrogen) atoms. The van der Waals surface area contributed by atoms with E-state index in [1.54, 1.807) is 0 Å². The van der Waals surface area contributed by atoms with Crippen LogP contribution in [-0.2, 0) is 4.79 Å². The molecule has 2 nitrogen and oxygen atoms in total. The van der Waals surface area contributed by atoms with Gasteiger partial charge in [-0.15, -0.1) is 0 Å². The molecule has 2 rings (SSSR count). The molecule has 0 N–H and O–H groups in total. The van der Waals surface area contributed by atoms with Gasteiger partial charge >= 0.3 is 0 Å². The van der Waals surface area contributed by atoms with Crippen LogP contribution >= 0.6 is 11.6 Å². The predicted octanol–water partition coefficient (Wildman–Crippen LogP) is 2.46. The van der Waals surface area contributed by atoms with E-state index in [1.165, 1.54) is 0 Å². The van der Waals surface area contributed by atoms with E-state index in [1.807, 2.05) is 18.2 Å². The van der Waals surface area contributed by atoms with Gasteiger partial charge in [-0.2, -0.15) is 0 Å². The summed E-state index contributed by atoms with van der Waals surface area (Å²) in [5.74, 6) is -0.0568. The summed E-state index contributed by atoms with van der Waals surface area (Å²) in [7, 11) is 0. The smallest absolute Gasteiger partial charge is 0.129 e. The van der Waals surface area contributed by atoms with Crippen molar-refractivity contribution < 1.29 is 4.79 Å². The molecule has 0 saturated heterocycles. The SMILES string of the molecule is CCN1CC(C=O)c2c(Cl)cccc21. The number of hydrogen-bond acceptors (Lipinski definition) is 2. The van der Waals surface area contributed by atoms with E-state index >= 15 is 0 Å². The molecule has 0 bridgehead atoms. The molecule has 0 aromatic heterocycles. The minimum atomic E-state index is -0.0568. The van der Waals surface area contributed by atoms with Gasteiger partial charge in [0, 0.05) is 29.4 Å². The third-order valence-electron chi connectivity index (χ3n) is 2.70. The second kappa shape index (κ2) is 3.62. The summed E-state index contributed by atoms with van der Waals surface area (Å²) in [6.45, 7) is 3.76. The summed E-state index contributed by atoms with van der Waals surface area (Å²) in [6, 6.07) is 5.79. The minimum absolute atomic E-state index is 0.0568. The van der Waals surface area contributed by atoms with Crippen molar-refractivity contribution in [3.63, 3.8) is 0 Å². The van der Waals surface area contributed by atoms with Crippen molar-refractivity contribution in [1.82, 2.24) is 0 Å². The lowest BCUT2D eigenvalue weighted by molar-refractivity contribution is -0.108. The average molecular weight is 210 g/mol. The number of carbonyl (C=O) groups is 1. The average Bonchev–Trinajstić information content (AvgIpc) is 2.57. The third kappa shape index (κ3) is 1.30. The van der Waals surface area contributed by atoms with Crippen LogP contribution in [0.3, 0.4) is 0 Å². The molecule has 1 heterocycles. The predicted molar refractivity (Wildman–Crippen MR) is 58.1 cm³/mol. The normalized spacial score (nSPS) is 19.6. The molecule has 0 radical (unpaired) electrons. The number of likely N-dealkylation sites (N-methyl/N-ethyl adjacent to an activating group) is 1. The van der Waals surface area contributed by atoms with Crippen LogP contribution in [0.2, 0.25) is 5.02 Å². The molecule has 1 aromatic rings. The Kier molecular flexibility index (Phi) is 2.46. The molecule has 1 aliphatic rings. The summed E-state index contributed by atoms with van der Waals surface area (Å²) in [5.41, 5.74) is 2.10. The monoisotopic (exact) mass is 209 g/mol. The van der Waals surface area contributed by atoms with Crippen molar-refractivity contribution in [3.8, 4) is 0 Å². The van der Waals surface area contributed by atoms with Crippen LogP contribution in [-0.4, -0.2) is 19.4 Å². The zero-order chi connectivity index (χ0) is 10.1. The van der Waals surface area contributed by atoms with Gasteiger partial charge in [-0.1, -0.05) is 17.7 Å². The van der Waals surface area contributed by atoms with Crippen LogP contribution in [0.15, 0.2) is 18.2 Å². The first-order chi connectivity index (χ1) is 6.77. The Morgan fingerprint density at radius 1 is 1.64 bits per heavy atom. The first-order valence-corrected chi connectivity index (χ1v) is 5.14. The Labute approximate surface area is 88.5 Å². The standard InChI is InChI=1S/C11H12ClNO/c1-2-13-6-8(7-14)11-9(12)4-3-5-10(11)13/h3-5,7-8H,2,6H2,1H3. The molecule has 3 heteroatoms. The van der Waals surface area contributed by atoms with Gasteiger partial charge < -0.3 is 9.69 Å². The number of rotatable bonds is 2. The Balaban J connectivity index is 2.52. The van der Waals surface area contributed by atoms with Crippen LogP contribution in [0, 0.1) is 0 Å². The third-order valence-corrected chi connectivity index (χ3v) is 3.03. The van der Waals surface area contributed by atoms with Gasteiger partial charge in [0.05, 0.1) is 5.92 Å². The Hall–Kier alpha value is -1.02. The van der Waals surface area contributed by atoms with E-state index in [-0.39, 0.29) is 5.92 Å². The first-order valence-electron chi connectivity index (χ1n) is 4.76. The maximum absolute atomic E-state index is 10.9. The van der Waals surface area contributed by atoms with Crippen molar-refractivity contribution in [2.75, 3.05) is 18.0 Å². The first kappa shape index (κ1) is 9.53. The van der Waals surface area contributed by atoms with Gasteiger partial charge in [0.1, 0.15) is 6.29 Å². The molecule has 1 aromatic carbocycles. The molecule has 0 spiro atoms. The number of halogens is 1. The van der Waals surface area contributed by atoms with Crippen molar-refractivity contribution in [2.24, 2.45) is 0 Å². The van der Waals surface area contributed by atoms with Gasteiger partial charge in [-0.3, -0.25) is 0 Å². The molecule has 0 saturated carbocycles. The van der Waals surface area contributed by atoms with E-state index in [0.29, 0.717) is 5.02 Å². The number of hydrogen-bond donors (Lipinski definition) is 0. The molecule has 74 valence electrons. The van der Waals surface area contributed by atoms with Gasteiger partial charge in [0.2, 0.25) is 0 Å². The quantitative estimate of drug-likeness (QED) is 0.698. The maximum atomic E-state index is 10.9. The van der Waals surface area contributed by atoms with Crippen molar-refractivity contribution >= 4 is 23.6 Å². The summed E-state index contributed by atoms with van der Waals surface area (Å²) < 4.78 is 0. The summed E-state index contributed by atoms with van der Waals surface area (Å²) in [4.78, 5) is 13.1. The molecular weight excluding hydrogens is 198 g/mol. The second-order valence-electron chi connectivity index (χ2n) is 3.45. The molecule has 0 aliphatic carbocycles. The minimum Gasteiger partial charge on any atom is -0.370 e. The number of fused-ring (bicyclic) bond motifs is 1. The number of nitrogens with zero attached hydrogens (tertiary/aromatic N) is 1. The Bertz CT molecular complexity index is 364. The highest BCUT2D eigenvalue weighted by Crippen LogP contribution is 2.39. The van der Waals surface area contributed by atoms with E-state index in [0.717, 1.165) is 30.6 Å². The Morgan fingerprint density at radius 3 is 3.07 bits per heavy atom. The molecular formula is C11H12ClNO. The lowest BCUT2D eigenvalue weighted by atomic mass is 10.0. The number of aldehydes is 1. The fourth-order valence-corrected chi connectivity index (χ4v) is 2.32. The highest BCUT2D eigenvalue weighted by atomic mass is 35.5. The highest BCUT2D eigenvalue weighted by molar-refractivity contribution is 6.32. The lowest BCUT2D eigenvalue weighted by Gasteiger charge is -2.16. The highest BCUT2D eigenvalue weighted by Gasteiger charge is 2.28. The van der Waals surface area contributed by atoms with Crippen LogP contribution < -0.4 is 4.90 Å². The number of anilines is 1. The van der Waals surface area contributed by atoms with Gasteiger partial charge in [0.15, 0.2) is 0 Å². The van der Waals surface area contributed by atoms with Gasteiger partial charge in [-0.05, 0) is 19.1 Å². The van der Waals surface area contributed by atoms with Crippen LogP contribution in [0.4, 0.5) is 5.69 Å². The van der Waals surface area contributed by atoms with Gasteiger partial charge in [0.25, 0.3) is 0 Å². The number of benzene rings is 1. The van der Waals surface area contributed by atoms with Crippen molar-refractivity contribution in [2.45, 2.75) is 12.8 Å². The fourth-order valence-electron chi connectivity index (χ4n) is 2.01. The van der Waals surface area contributed by atoms with E-state index in [4.69, 9.17) is 11.6 Å². The van der Waals surface area contributed by atoms with Crippen LogP contribution in [0.25, 0.3) is 0 Å². The second-order valence-corrected chi connectivity index (χ2v) is 3.86. The zero-order valence-electron chi connectivity index (χ0n) is 8.03. The molecule has 1 unspecified atom stereocenters. The van der Waals surface area contributed by atoms with E-state index in [9.17, 15) is 4.79 Å². The van der Waals surface area contributed by atoms with E-state index in [2.05, 4.69) is 11.8 Å². The number of carbonyl (C=O) groups excluding carboxylic acids is 1. The van der Waals surface area contributed by atoms with Crippen molar-refractivity contribution in [3.05, 3.63) is 28.8 Å². The fraction of sp³-hybridized carbons (Fsp3) is 0.364. The maximum Gasteiger partial charge on any atom is 0.129 e. The van der Waals surface area contributed by atoms with Crippen LogP contribution in [0.1, 0.15) is 18.4 Å². The molecule has 0 amide bonds. The summed E-state index contributed by atoms with van der Waals surface area (Å²) >= 11 is 6.08. The zero-order valence-corrected chi connectivity index (χ0v) is 8.79. The van der Waals surface area contributed by atoms with Crippen molar-refractivity contribution in [1.29, 1.82) is 0 Å². The molecule has 0 fully saturated rings. The lowest BCUT2D eigenvalue weighted by Crippen LogP contribution is -2.21.